The minimum Gasteiger partial charge on any atom is -0.317 e. The van der Waals surface area contributed by atoms with Crippen molar-refractivity contribution in [2.24, 2.45) is 5.92 Å². The van der Waals surface area contributed by atoms with Crippen molar-refractivity contribution in [1.82, 2.24) is 5.32 Å². The Hall–Kier alpha value is -0.340. The lowest BCUT2D eigenvalue weighted by Crippen LogP contribution is -2.28. The molecule has 0 radical (unpaired) electrons. The van der Waals surface area contributed by atoms with E-state index < -0.39 is 0 Å². The van der Waals surface area contributed by atoms with Crippen LogP contribution in [0.5, 0.6) is 0 Å². The Morgan fingerprint density at radius 1 is 1.43 bits per heavy atom. The fraction of sp³-hybridized carbons (Fsp3) is 0.667. The van der Waals surface area contributed by atoms with Gasteiger partial charge in [-0.05, 0) is 55.7 Å². The first-order chi connectivity index (χ1) is 6.72. The average Bonchev–Trinajstić information content (AvgIpc) is 2.72. The van der Waals surface area contributed by atoms with Gasteiger partial charge in [-0.3, -0.25) is 0 Å². The van der Waals surface area contributed by atoms with Gasteiger partial charge >= 0.3 is 0 Å². The first-order valence-corrected chi connectivity index (χ1v) is 6.32. The van der Waals surface area contributed by atoms with Crippen molar-refractivity contribution in [2.75, 3.05) is 7.05 Å². The molecule has 1 aliphatic carbocycles. The zero-order valence-corrected chi connectivity index (χ0v) is 10.0. The molecule has 0 spiro atoms. The van der Waals surface area contributed by atoms with E-state index in [2.05, 4.69) is 37.7 Å². The van der Waals surface area contributed by atoms with Crippen LogP contribution < -0.4 is 5.32 Å². The first-order valence-electron chi connectivity index (χ1n) is 5.44. The van der Waals surface area contributed by atoms with Crippen molar-refractivity contribution >= 4 is 11.3 Å². The molecule has 14 heavy (non-hydrogen) atoms. The van der Waals surface area contributed by atoms with E-state index in [0.29, 0.717) is 0 Å². The van der Waals surface area contributed by atoms with Crippen LogP contribution in [-0.2, 0) is 0 Å². The molecule has 0 amide bonds. The highest BCUT2D eigenvalue weighted by atomic mass is 32.1. The molecule has 1 fully saturated rings. The number of aryl methyl sites for hydroxylation is 1. The Balaban J connectivity index is 2.13. The molecular weight excluding hydrogens is 190 g/mol. The van der Waals surface area contributed by atoms with Gasteiger partial charge in [0.25, 0.3) is 0 Å². The molecule has 1 heterocycles. The second-order valence-corrected chi connectivity index (χ2v) is 5.54. The summed E-state index contributed by atoms with van der Waals surface area (Å²) in [5, 5.41) is 5.77. The molecule has 0 saturated heterocycles. The smallest absolute Gasteiger partial charge is 0.00957 e. The van der Waals surface area contributed by atoms with Gasteiger partial charge in [-0.15, -0.1) is 11.3 Å². The number of thiophene rings is 1. The Morgan fingerprint density at radius 3 is 2.71 bits per heavy atom. The fourth-order valence-electron chi connectivity index (χ4n) is 2.70. The number of hydrogen-bond donors (Lipinski definition) is 1. The van der Waals surface area contributed by atoms with E-state index in [1.54, 1.807) is 5.56 Å². The number of hydrogen-bond acceptors (Lipinski definition) is 2. The average molecular weight is 209 g/mol. The van der Waals surface area contributed by atoms with E-state index in [9.17, 15) is 0 Å². The van der Waals surface area contributed by atoms with Crippen molar-refractivity contribution in [3.05, 3.63) is 21.9 Å². The summed E-state index contributed by atoms with van der Waals surface area (Å²) in [5.41, 5.74) is 1.57. The molecule has 0 aromatic carbocycles. The lowest BCUT2D eigenvalue weighted by molar-refractivity contribution is 0.429. The molecule has 1 aromatic heterocycles. The lowest BCUT2D eigenvalue weighted by Gasteiger charge is -2.19. The molecule has 0 aliphatic heterocycles. The minimum atomic E-state index is 0.722. The summed E-state index contributed by atoms with van der Waals surface area (Å²) in [7, 11) is 2.09. The molecule has 1 nitrogen and oxygen atoms in total. The highest BCUT2D eigenvalue weighted by Gasteiger charge is 2.32. The summed E-state index contributed by atoms with van der Waals surface area (Å²) < 4.78 is 0. The van der Waals surface area contributed by atoms with Gasteiger partial charge in [0.15, 0.2) is 0 Å². The molecular formula is C12H19NS. The van der Waals surface area contributed by atoms with Crippen LogP contribution >= 0.6 is 11.3 Å². The summed E-state index contributed by atoms with van der Waals surface area (Å²) >= 11 is 1.88. The van der Waals surface area contributed by atoms with Crippen LogP contribution in [0.25, 0.3) is 0 Å². The third kappa shape index (κ3) is 1.73. The van der Waals surface area contributed by atoms with Crippen LogP contribution in [0.15, 0.2) is 11.4 Å². The zero-order valence-electron chi connectivity index (χ0n) is 9.21. The maximum Gasteiger partial charge on any atom is 0.00957 e. The minimum absolute atomic E-state index is 0.722. The van der Waals surface area contributed by atoms with Gasteiger partial charge in [0.2, 0.25) is 0 Å². The van der Waals surface area contributed by atoms with Crippen molar-refractivity contribution in [2.45, 2.75) is 38.6 Å². The Kier molecular flexibility index (Phi) is 2.93. The molecule has 3 atom stereocenters. The van der Waals surface area contributed by atoms with Gasteiger partial charge in [-0.25, -0.2) is 0 Å². The van der Waals surface area contributed by atoms with Gasteiger partial charge in [-0.1, -0.05) is 6.92 Å². The summed E-state index contributed by atoms with van der Waals surface area (Å²) in [6.45, 7) is 4.58. The predicted octanol–water partition coefficient (Wildman–Crippen LogP) is 3.16. The van der Waals surface area contributed by atoms with Crippen LogP contribution in [-0.4, -0.2) is 13.1 Å². The fourth-order valence-corrected chi connectivity index (χ4v) is 3.47. The topological polar surface area (TPSA) is 12.0 Å². The van der Waals surface area contributed by atoms with Crippen molar-refractivity contribution in [3.63, 3.8) is 0 Å². The van der Waals surface area contributed by atoms with Crippen molar-refractivity contribution in [3.8, 4) is 0 Å². The molecule has 1 saturated carbocycles. The van der Waals surface area contributed by atoms with Crippen LogP contribution in [0.2, 0.25) is 0 Å². The summed E-state index contributed by atoms with van der Waals surface area (Å²) in [5.74, 6) is 1.58. The monoisotopic (exact) mass is 209 g/mol. The quantitative estimate of drug-likeness (QED) is 0.789. The third-order valence-corrected chi connectivity index (χ3v) is 4.49. The van der Waals surface area contributed by atoms with Crippen LogP contribution in [0.4, 0.5) is 0 Å². The van der Waals surface area contributed by atoms with Gasteiger partial charge in [0, 0.05) is 10.9 Å². The van der Waals surface area contributed by atoms with Crippen molar-refractivity contribution < 1.29 is 0 Å². The normalized spacial score (nSPS) is 32.4. The zero-order chi connectivity index (χ0) is 10.1. The first kappa shape index (κ1) is 10.2. The van der Waals surface area contributed by atoms with Crippen LogP contribution in [0.3, 0.4) is 0 Å². The number of nitrogens with one attached hydrogen (secondary N) is 1. The molecule has 1 aliphatic rings. The van der Waals surface area contributed by atoms with Gasteiger partial charge in [0.1, 0.15) is 0 Å². The molecule has 78 valence electrons. The third-order valence-electron chi connectivity index (χ3n) is 3.61. The largest absolute Gasteiger partial charge is 0.317 e. The Morgan fingerprint density at radius 2 is 2.21 bits per heavy atom. The molecule has 2 rings (SSSR count). The van der Waals surface area contributed by atoms with E-state index in [4.69, 9.17) is 0 Å². The van der Waals surface area contributed by atoms with Crippen LogP contribution in [0.1, 0.15) is 36.1 Å². The SMILES string of the molecule is CNC1CCC(c2csc(C)c2)C1C. The van der Waals surface area contributed by atoms with E-state index in [1.165, 1.54) is 17.7 Å². The van der Waals surface area contributed by atoms with E-state index in [-0.39, 0.29) is 0 Å². The van der Waals surface area contributed by atoms with Crippen molar-refractivity contribution in [1.29, 1.82) is 0 Å². The molecule has 1 aromatic rings. The predicted molar refractivity (Wildman–Crippen MR) is 63.0 cm³/mol. The second-order valence-electron chi connectivity index (χ2n) is 4.43. The standard InChI is InChI=1S/C12H19NS/c1-8-6-10(7-14-8)11-4-5-12(13-3)9(11)2/h6-7,9,11-13H,4-5H2,1-3H3. The second kappa shape index (κ2) is 4.03. The van der Waals surface area contributed by atoms with Gasteiger partial charge in [-0.2, -0.15) is 0 Å². The van der Waals surface area contributed by atoms with E-state index in [1.807, 2.05) is 11.3 Å². The molecule has 0 bridgehead atoms. The summed E-state index contributed by atoms with van der Waals surface area (Å²) in [6.07, 6.45) is 2.68. The maximum atomic E-state index is 3.42. The van der Waals surface area contributed by atoms with Gasteiger partial charge in [0.05, 0.1) is 0 Å². The molecule has 3 unspecified atom stereocenters. The summed E-state index contributed by atoms with van der Waals surface area (Å²) in [4.78, 5) is 1.44. The Labute approximate surface area is 90.5 Å². The van der Waals surface area contributed by atoms with Crippen LogP contribution in [0, 0.1) is 12.8 Å². The lowest BCUT2D eigenvalue weighted by atomic mass is 9.90. The number of rotatable bonds is 2. The van der Waals surface area contributed by atoms with Gasteiger partial charge < -0.3 is 5.32 Å². The van der Waals surface area contributed by atoms with E-state index in [0.717, 1.165) is 17.9 Å². The Bertz CT molecular complexity index is 305. The molecule has 1 N–H and O–H groups in total. The summed E-state index contributed by atoms with van der Waals surface area (Å²) in [6, 6.07) is 3.09. The van der Waals surface area contributed by atoms with E-state index >= 15 is 0 Å². The highest BCUT2D eigenvalue weighted by molar-refractivity contribution is 7.10. The molecule has 2 heteroatoms. The highest BCUT2D eigenvalue weighted by Crippen LogP contribution is 2.40. The maximum absolute atomic E-state index is 3.42.